The maximum absolute atomic E-state index is 4.44. The lowest BCUT2D eigenvalue weighted by Gasteiger charge is -2.23. The van der Waals surface area contributed by atoms with Crippen molar-refractivity contribution >= 4 is 24.8 Å². The van der Waals surface area contributed by atoms with Gasteiger partial charge >= 0.3 is 0 Å². The van der Waals surface area contributed by atoms with Crippen LogP contribution < -0.4 is 5.32 Å². The van der Waals surface area contributed by atoms with Gasteiger partial charge in [0.2, 0.25) is 0 Å². The summed E-state index contributed by atoms with van der Waals surface area (Å²) in [6, 6.07) is 0.581. The molecular weight excluding hydrogens is 259 g/mol. The van der Waals surface area contributed by atoms with Gasteiger partial charge in [-0.05, 0) is 20.9 Å². The molecule has 4 nitrogen and oxygen atoms in total. The maximum atomic E-state index is 4.44. The average molecular weight is 281 g/mol. The molecule has 1 N–H and O–H groups in total. The number of aromatic nitrogens is 2. The lowest BCUT2D eigenvalue weighted by atomic mass is 10.3. The van der Waals surface area contributed by atoms with Gasteiger partial charge in [-0.25, -0.2) is 4.98 Å². The number of imidazole rings is 1. The van der Waals surface area contributed by atoms with Gasteiger partial charge in [-0.2, -0.15) is 0 Å². The second-order valence-electron chi connectivity index (χ2n) is 4.50. The summed E-state index contributed by atoms with van der Waals surface area (Å²) in [4.78, 5) is 6.78. The van der Waals surface area contributed by atoms with E-state index >= 15 is 0 Å². The third kappa shape index (κ3) is 3.85. The van der Waals surface area contributed by atoms with Crippen LogP contribution in [-0.4, -0.2) is 34.1 Å². The van der Waals surface area contributed by atoms with E-state index in [1.165, 1.54) is 11.5 Å². The van der Waals surface area contributed by atoms with Crippen molar-refractivity contribution in [2.75, 3.05) is 13.6 Å². The van der Waals surface area contributed by atoms with Crippen molar-refractivity contribution < 1.29 is 0 Å². The Morgan fingerprint density at radius 2 is 2.18 bits per heavy atom. The van der Waals surface area contributed by atoms with Crippen LogP contribution in [0.25, 0.3) is 0 Å². The second kappa shape index (κ2) is 7.21. The number of hydrogen-bond donors (Lipinski definition) is 1. The van der Waals surface area contributed by atoms with Crippen LogP contribution in [-0.2, 0) is 19.6 Å². The molecule has 0 aliphatic carbocycles. The van der Waals surface area contributed by atoms with E-state index in [1.807, 2.05) is 6.20 Å². The molecule has 100 valence electrons. The highest BCUT2D eigenvalue weighted by molar-refractivity contribution is 5.85. The number of halogens is 2. The first-order valence-corrected chi connectivity index (χ1v) is 5.62. The Bertz CT molecular complexity index is 338. The van der Waals surface area contributed by atoms with E-state index in [9.17, 15) is 0 Å². The summed E-state index contributed by atoms with van der Waals surface area (Å²) in [5.41, 5.74) is 1.34. The van der Waals surface area contributed by atoms with Gasteiger partial charge in [0.15, 0.2) is 0 Å². The zero-order valence-electron chi connectivity index (χ0n) is 10.6. The molecule has 0 bridgehead atoms. The zero-order valence-corrected chi connectivity index (χ0v) is 12.3. The van der Waals surface area contributed by atoms with E-state index in [0.717, 1.165) is 26.2 Å². The summed E-state index contributed by atoms with van der Waals surface area (Å²) in [5, 5.41) is 3.33. The zero-order chi connectivity index (χ0) is 10.8. The molecule has 0 radical (unpaired) electrons. The molecule has 2 rings (SSSR count). The molecule has 17 heavy (non-hydrogen) atoms. The Hall–Kier alpha value is -0.290. The predicted molar refractivity (Wildman–Crippen MR) is 75.0 cm³/mol. The molecule has 6 heteroatoms. The Kier molecular flexibility index (Phi) is 7.09. The third-order valence-electron chi connectivity index (χ3n) is 3.11. The SMILES string of the molecule is CC(C)N(C)Cc1cnc2n1CCNC2.Cl.Cl. The fourth-order valence-corrected chi connectivity index (χ4v) is 1.82. The maximum Gasteiger partial charge on any atom is 0.122 e. The van der Waals surface area contributed by atoms with Crippen LogP contribution in [0.3, 0.4) is 0 Å². The molecule has 1 aliphatic heterocycles. The quantitative estimate of drug-likeness (QED) is 0.915. The van der Waals surface area contributed by atoms with E-state index in [4.69, 9.17) is 0 Å². The number of fused-ring (bicyclic) bond motifs is 1. The largest absolute Gasteiger partial charge is 0.328 e. The van der Waals surface area contributed by atoms with Crippen LogP contribution in [0.5, 0.6) is 0 Å². The van der Waals surface area contributed by atoms with Gasteiger partial charge in [-0.1, -0.05) is 0 Å². The Balaban J connectivity index is 0.00000128. The van der Waals surface area contributed by atoms with E-state index in [0.29, 0.717) is 6.04 Å². The predicted octanol–water partition coefficient (Wildman–Crippen LogP) is 1.67. The van der Waals surface area contributed by atoms with E-state index in [1.54, 1.807) is 0 Å². The van der Waals surface area contributed by atoms with Gasteiger partial charge in [0, 0.05) is 31.9 Å². The van der Waals surface area contributed by atoms with Crippen LogP contribution in [0.1, 0.15) is 25.4 Å². The highest BCUT2D eigenvalue weighted by Gasteiger charge is 2.15. The molecule has 0 unspecified atom stereocenters. The Labute approximate surface area is 116 Å². The molecule has 0 spiro atoms. The monoisotopic (exact) mass is 280 g/mol. The number of nitrogens with zero attached hydrogens (tertiary/aromatic N) is 3. The average Bonchev–Trinajstić information content (AvgIpc) is 2.62. The molecule has 0 saturated heterocycles. The molecule has 1 aromatic heterocycles. The Morgan fingerprint density at radius 1 is 1.47 bits per heavy atom. The van der Waals surface area contributed by atoms with Crippen LogP contribution in [0.2, 0.25) is 0 Å². The van der Waals surface area contributed by atoms with Gasteiger partial charge < -0.3 is 9.88 Å². The summed E-state index contributed by atoms with van der Waals surface area (Å²) in [5.74, 6) is 1.17. The first-order chi connectivity index (χ1) is 7.18. The van der Waals surface area contributed by atoms with Gasteiger partial charge in [0.1, 0.15) is 5.82 Å². The highest BCUT2D eigenvalue weighted by atomic mass is 35.5. The van der Waals surface area contributed by atoms with Crippen molar-refractivity contribution in [1.82, 2.24) is 19.8 Å². The van der Waals surface area contributed by atoms with Gasteiger partial charge in [0.25, 0.3) is 0 Å². The standard InChI is InChI=1S/C11H20N4.2ClH/c1-9(2)14(3)8-10-6-13-11-7-12-4-5-15(10)11;;/h6,9,12H,4-5,7-8H2,1-3H3;2*1H. The molecule has 0 aromatic carbocycles. The lowest BCUT2D eigenvalue weighted by molar-refractivity contribution is 0.257. The summed E-state index contributed by atoms with van der Waals surface area (Å²) >= 11 is 0. The van der Waals surface area contributed by atoms with Crippen molar-refractivity contribution in [3.63, 3.8) is 0 Å². The molecular formula is C11H22Cl2N4. The van der Waals surface area contributed by atoms with E-state index in [-0.39, 0.29) is 24.8 Å². The molecule has 0 atom stereocenters. The minimum Gasteiger partial charge on any atom is -0.328 e. The summed E-state index contributed by atoms with van der Waals surface area (Å²) in [7, 11) is 2.16. The summed E-state index contributed by atoms with van der Waals surface area (Å²) < 4.78 is 2.34. The third-order valence-corrected chi connectivity index (χ3v) is 3.11. The minimum atomic E-state index is 0. The normalized spacial score (nSPS) is 14.2. The topological polar surface area (TPSA) is 33.1 Å². The fourth-order valence-electron chi connectivity index (χ4n) is 1.82. The van der Waals surface area contributed by atoms with Crippen LogP contribution in [0, 0.1) is 0 Å². The molecule has 0 fully saturated rings. The van der Waals surface area contributed by atoms with Crippen molar-refractivity contribution in [2.24, 2.45) is 0 Å². The first-order valence-electron chi connectivity index (χ1n) is 5.62. The smallest absolute Gasteiger partial charge is 0.122 e. The Morgan fingerprint density at radius 3 is 2.82 bits per heavy atom. The van der Waals surface area contributed by atoms with E-state index < -0.39 is 0 Å². The molecule has 0 amide bonds. The van der Waals surface area contributed by atoms with Gasteiger partial charge in [-0.3, -0.25) is 4.90 Å². The minimum absolute atomic E-state index is 0. The van der Waals surface area contributed by atoms with Crippen molar-refractivity contribution in [1.29, 1.82) is 0 Å². The molecule has 2 heterocycles. The van der Waals surface area contributed by atoms with E-state index in [2.05, 4.69) is 40.7 Å². The first kappa shape index (κ1) is 16.7. The van der Waals surface area contributed by atoms with Gasteiger partial charge in [-0.15, -0.1) is 24.8 Å². The fraction of sp³-hybridized carbons (Fsp3) is 0.727. The van der Waals surface area contributed by atoms with Crippen molar-refractivity contribution in [3.05, 3.63) is 17.7 Å². The van der Waals surface area contributed by atoms with Crippen LogP contribution in [0.4, 0.5) is 0 Å². The van der Waals surface area contributed by atoms with Crippen LogP contribution in [0.15, 0.2) is 6.20 Å². The number of nitrogens with one attached hydrogen (secondary N) is 1. The van der Waals surface area contributed by atoms with Crippen molar-refractivity contribution in [3.8, 4) is 0 Å². The molecule has 1 aliphatic rings. The summed E-state index contributed by atoms with van der Waals surface area (Å²) in [6.07, 6.45) is 2.02. The summed E-state index contributed by atoms with van der Waals surface area (Å²) in [6.45, 7) is 8.44. The lowest BCUT2D eigenvalue weighted by Crippen LogP contribution is -2.31. The van der Waals surface area contributed by atoms with Crippen molar-refractivity contribution in [2.45, 2.75) is 39.5 Å². The molecule has 0 saturated carbocycles. The van der Waals surface area contributed by atoms with Gasteiger partial charge in [0.05, 0.1) is 12.2 Å². The highest BCUT2D eigenvalue weighted by Crippen LogP contribution is 2.11. The number of rotatable bonds is 3. The number of hydrogen-bond acceptors (Lipinski definition) is 3. The molecule has 1 aromatic rings. The second-order valence-corrected chi connectivity index (χ2v) is 4.50. The van der Waals surface area contributed by atoms with Crippen LogP contribution >= 0.6 is 24.8 Å².